The number of nitrogens with zero attached hydrogens (tertiary/aromatic N) is 2. The smallest absolute Gasteiger partial charge is 0.335 e. The molecule has 132 valence electrons. The molecule has 0 aliphatic rings. The second-order valence-corrected chi connectivity index (χ2v) is 6.97. The van der Waals surface area contributed by atoms with Gasteiger partial charge in [-0.05, 0) is 31.5 Å². The summed E-state index contributed by atoms with van der Waals surface area (Å²) in [5, 5.41) is 11.3. The van der Waals surface area contributed by atoms with Crippen LogP contribution in [-0.4, -0.2) is 35.5 Å². The highest BCUT2D eigenvalue weighted by Crippen LogP contribution is 2.12. The van der Waals surface area contributed by atoms with Crippen LogP contribution in [0.1, 0.15) is 27.3 Å². The monoisotopic (exact) mass is 364 g/mol. The van der Waals surface area contributed by atoms with E-state index in [1.165, 1.54) is 24.3 Å². The number of hydrogen-bond donors (Lipinski definition) is 3. The van der Waals surface area contributed by atoms with Crippen molar-refractivity contribution < 1.29 is 23.1 Å². The van der Waals surface area contributed by atoms with Gasteiger partial charge in [-0.25, -0.2) is 32.7 Å². The number of benzene rings is 1. The maximum absolute atomic E-state index is 12.1. The van der Waals surface area contributed by atoms with Crippen LogP contribution in [-0.2, 0) is 15.8 Å². The van der Waals surface area contributed by atoms with Gasteiger partial charge in [0, 0.05) is 11.4 Å². The fourth-order valence-electron chi connectivity index (χ4n) is 2.15. The van der Waals surface area contributed by atoms with Crippen molar-refractivity contribution in [2.24, 2.45) is 0 Å². The van der Waals surface area contributed by atoms with E-state index in [0.29, 0.717) is 11.4 Å². The average molecular weight is 364 g/mol. The number of aryl methyl sites for hydroxylation is 2. The number of aromatic nitrogens is 2. The van der Waals surface area contributed by atoms with E-state index in [9.17, 15) is 18.0 Å². The Balaban J connectivity index is 2.11. The molecule has 0 saturated carbocycles. The van der Waals surface area contributed by atoms with Crippen molar-refractivity contribution in [1.29, 1.82) is 0 Å². The number of sulfonamides is 1. The predicted molar refractivity (Wildman–Crippen MR) is 89.7 cm³/mol. The first kappa shape index (κ1) is 18.3. The van der Waals surface area contributed by atoms with Crippen LogP contribution in [0, 0.1) is 13.8 Å². The molecule has 1 aromatic heterocycles. The summed E-state index contributed by atoms with van der Waals surface area (Å²) in [5.41, 5.74) is 1.14. The Morgan fingerprint density at radius 1 is 1.12 bits per heavy atom. The van der Waals surface area contributed by atoms with Crippen molar-refractivity contribution >= 4 is 28.0 Å². The van der Waals surface area contributed by atoms with Crippen LogP contribution in [0.15, 0.2) is 30.3 Å². The molecule has 0 spiro atoms. The number of amides is 2. The molecule has 9 nitrogen and oxygen atoms in total. The fourth-order valence-corrected chi connectivity index (χ4v) is 3.21. The van der Waals surface area contributed by atoms with E-state index < -0.39 is 27.8 Å². The SMILES string of the molecule is Cc1cc(C)nc(NC(=O)NS(=O)(=O)Cc2ccccc2C(=O)O)n1. The van der Waals surface area contributed by atoms with E-state index >= 15 is 0 Å². The number of carbonyl (C=O) groups is 2. The maximum Gasteiger partial charge on any atom is 0.335 e. The van der Waals surface area contributed by atoms with Gasteiger partial charge in [0.15, 0.2) is 0 Å². The molecule has 0 radical (unpaired) electrons. The molecule has 2 rings (SSSR count). The maximum atomic E-state index is 12.1. The Bertz CT molecular complexity index is 907. The van der Waals surface area contributed by atoms with Gasteiger partial charge in [-0.3, -0.25) is 5.32 Å². The Kier molecular flexibility index (Phi) is 5.32. The normalized spacial score (nSPS) is 11.0. The molecule has 0 aliphatic heterocycles. The number of carbonyl (C=O) groups excluding carboxylic acids is 1. The molecule has 0 unspecified atom stereocenters. The van der Waals surface area contributed by atoms with Crippen molar-refractivity contribution in [3.05, 3.63) is 52.8 Å². The van der Waals surface area contributed by atoms with Gasteiger partial charge >= 0.3 is 12.0 Å². The quantitative estimate of drug-likeness (QED) is 0.729. The second kappa shape index (κ2) is 7.26. The summed E-state index contributed by atoms with van der Waals surface area (Å²) in [6.45, 7) is 3.41. The molecule has 2 aromatic rings. The van der Waals surface area contributed by atoms with Crippen molar-refractivity contribution in [2.75, 3.05) is 5.32 Å². The van der Waals surface area contributed by atoms with Crippen LogP contribution in [0.4, 0.5) is 10.7 Å². The number of hydrogen-bond acceptors (Lipinski definition) is 6. The van der Waals surface area contributed by atoms with E-state index in [4.69, 9.17) is 5.11 Å². The Hall–Kier alpha value is -3.01. The number of nitrogens with one attached hydrogen (secondary N) is 2. The zero-order chi connectivity index (χ0) is 18.6. The standard InChI is InChI=1S/C15H16N4O5S/c1-9-7-10(2)17-14(16-9)18-15(22)19-25(23,24)8-11-5-3-4-6-12(11)13(20)21/h3-7H,8H2,1-2H3,(H,20,21)(H2,16,17,18,19,22). The molecular formula is C15H16N4O5S. The van der Waals surface area contributed by atoms with Gasteiger partial charge in [0.25, 0.3) is 0 Å². The van der Waals surface area contributed by atoms with Crippen LogP contribution in [0.5, 0.6) is 0 Å². The second-order valence-electron chi connectivity index (χ2n) is 5.25. The first-order valence-corrected chi connectivity index (χ1v) is 8.76. The van der Waals surface area contributed by atoms with Gasteiger partial charge in [0.05, 0.1) is 11.3 Å². The lowest BCUT2D eigenvalue weighted by molar-refractivity contribution is 0.0696. The van der Waals surface area contributed by atoms with Gasteiger partial charge in [0.2, 0.25) is 16.0 Å². The molecule has 10 heteroatoms. The van der Waals surface area contributed by atoms with Gasteiger partial charge < -0.3 is 5.11 Å². The van der Waals surface area contributed by atoms with E-state index in [1.54, 1.807) is 19.9 Å². The van der Waals surface area contributed by atoms with Crippen molar-refractivity contribution in [1.82, 2.24) is 14.7 Å². The lowest BCUT2D eigenvalue weighted by Crippen LogP contribution is -2.36. The largest absolute Gasteiger partial charge is 0.478 e. The van der Waals surface area contributed by atoms with Gasteiger partial charge in [-0.2, -0.15) is 0 Å². The summed E-state index contributed by atoms with van der Waals surface area (Å²) < 4.78 is 26.0. The predicted octanol–water partition coefficient (Wildman–Crippen LogP) is 1.44. The minimum absolute atomic E-state index is 0.0314. The molecule has 0 saturated heterocycles. The van der Waals surface area contributed by atoms with Gasteiger partial charge in [-0.15, -0.1) is 0 Å². The Morgan fingerprint density at radius 3 is 2.32 bits per heavy atom. The third kappa shape index (κ3) is 5.24. The van der Waals surface area contributed by atoms with Gasteiger partial charge in [0.1, 0.15) is 0 Å². The molecule has 1 aromatic carbocycles. The van der Waals surface area contributed by atoms with Crippen molar-refractivity contribution in [2.45, 2.75) is 19.6 Å². The Morgan fingerprint density at radius 2 is 1.72 bits per heavy atom. The van der Waals surface area contributed by atoms with Crippen LogP contribution < -0.4 is 10.0 Å². The average Bonchev–Trinajstić information content (AvgIpc) is 2.44. The number of aromatic carboxylic acids is 1. The molecule has 0 atom stereocenters. The summed E-state index contributed by atoms with van der Waals surface area (Å²) in [6, 6.07) is 6.32. The summed E-state index contributed by atoms with van der Waals surface area (Å²) in [6.07, 6.45) is 0. The van der Waals surface area contributed by atoms with E-state index in [2.05, 4.69) is 15.3 Å². The number of urea groups is 1. The minimum atomic E-state index is -4.11. The first-order chi connectivity index (χ1) is 11.7. The van der Waals surface area contributed by atoms with Crippen LogP contribution in [0.3, 0.4) is 0 Å². The van der Waals surface area contributed by atoms with Crippen molar-refractivity contribution in [3.63, 3.8) is 0 Å². The molecule has 0 bridgehead atoms. The van der Waals surface area contributed by atoms with Crippen LogP contribution in [0.25, 0.3) is 0 Å². The Labute approximate surface area is 144 Å². The number of carboxylic acids is 1. The molecule has 3 N–H and O–H groups in total. The molecule has 2 amide bonds. The summed E-state index contributed by atoms with van der Waals surface area (Å²) >= 11 is 0. The first-order valence-electron chi connectivity index (χ1n) is 7.11. The molecule has 1 heterocycles. The minimum Gasteiger partial charge on any atom is -0.478 e. The summed E-state index contributed by atoms with van der Waals surface area (Å²) in [4.78, 5) is 30.9. The molecule has 25 heavy (non-hydrogen) atoms. The summed E-state index contributed by atoms with van der Waals surface area (Å²) in [5.74, 6) is -1.94. The number of rotatable bonds is 5. The highest BCUT2D eigenvalue weighted by molar-refractivity contribution is 7.89. The number of carboxylic acid groups (broad SMARTS) is 1. The van der Waals surface area contributed by atoms with Crippen LogP contribution >= 0.6 is 0 Å². The molecule has 0 aliphatic carbocycles. The van der Waals surface area contributed by atoms with Crippen LogP contribution in [0.2, 0.25) is 0 Å². The lowest BCUT2D eigenvalue weighted by Gasteiger charge is -2.10. The van der Waals surface area contributed by atoms with Gasteiger partial charge in [-0.1, -0.05) is 18.2 Å². The molecule has 0 fully saturated rings. The lowest BCUT2D eigenvalue weighted by atomic mass is 10.1. The third-order valence-corrected chi connectivity index (χ3v) is 4.24. The third-order valence-electron chi connectivity index (χ3n) is 3.05. The van der Waals surface area contributed by atoms with E-state index in [0.717, 1.165) is 0 Å². The highest BCUT2D eigenvalue weighted by atomic mass is 32.2. The van der Waals surface area contributed by atoms with E-state index in [1.807, 2.05) is 4.72 Å². The van der Waals surface area contributed by atoms with Crippen molar-refractivity contribution in [3.8, 4) is 0 Å². The zero-order valence-corrected chi connectivity index (χ0v) is 14.3. The molecular weight excluding hydrogens is 348 g/mol. The summed E-state index contributed by atoms with van der Waals surface area (Å²) in [7, 11) is -4.11. The highest BCUT2D eigenvalue weighted by Gasteiger charge is 2.20. The zero-order valence-electron chi connectivity index (χ0n) is 13.5. The van der Waals surface area contributed by atoms with E-state index in [-0.39, 0.29) is 17.1 Å². The fraction of sp³-hybridized carbons (Fsp3) is 0.200. The topological polar surface area (TPSA) is 138 Å². The number of anilines is 1.